The molecular formula is C11H14O5S. The fraction of sp³-hybridized carbons (Fsp3) is 0.455. The topological polar surface area (TPSA) is 61.8 Å². The molecule has 2 rings (SSSR count). The van der Waals surface area contributed by atoms with Crippen molar-refractivity contribution in [1.29, 1.82) is 0 Å². The van der Waals surface area contributed by atoms with E-state index in [0.717, 1.165) is 5.56 Å². The first-order valence-electron chi connectivity index (χ1n) is 5.27. The van der Waals surface area contributed by atoms with Gasteiger partial charge in [0.1, 0.15) is 0 Å². The molecule has 0 radical (unpaired) electrons. The highest BCUT2D eigenvalue weighted by molar-refractivity contribution is 7.86. The number of rotatable bonds is 3. The molecule has 1 aromatic carbocycles. The van der Waals surface area contributed by atoms with E-state index < -0.39 is 16.4 Å². The van der Waals surface area contributed by atoms with Gasteiger partial charge in [0.05, 0.1) is 24.7 Å². The van der Waals surface area contributed by atoms with Crippen LogP contribution in [0.3, 0.4) is 0 Å². The van der Waals surface area contributed by atoms with Gasteiger partial charge in [0.2, 0.25) is 0 Å². The average Bonchev–Trinajstić information content (AvgIpc) is 2.30. The second-order valence-corrected chi connectivity index (χ2v) is 5.31. The second kappa shape index (κ2) is 5.14. The van der Waals surface area contributed by atoms with Gasteiger partial charge in [-0.15, -0.1) is 0 Å². The van der Waals surface area contributed by atoms with Gasteiger partial charge < -0.3 is 9.47 Å². The van der Waals surface area contributed by atoms with E-state index in [1.165, 1.54) is 12.1 Å². The molecular weight excluding hydrogens is 244 g/mol. The van der Waals surface area contributed by atoms with Crippen LogP contribution in [0.5, 0.6) is 0 Å². The maximum Gasteiger partial charge on any atom is 0.299 e. The summed E-state index contributed by atoms with van der Waals surface area (Å²) in [7, 11) is -3.78. The molecule has 6 heteroatoms. The molecule has 5 nitrogen and oxygen atoms in total. The van der Waals surface area contributed by atoms with Crippen LogP contribution in [-0.4, -0.2) is 34.5 Å². The Labute approximate surface area is 100 Å². The van der Waals surface area contributed by atoms with Crippen LogP contribution in [0.2, 0.25) is 0 Å². The summed E-state index contributed by atoms with van der Waals surface area (Å²) >= 11 is 0. The molecule has 94 valence electrons. The highest BCUT2D eigenvalue weighted by Gasteiger charge is 2.24. The van der Waals surface area contributed by atoms with E-state index in [1.807, 2.05) is 6.92 Å². The lowest BCUT2D eigenvalue weighted by atomic mass is 10.2. The summed E-state index contributed by atoms with van der Waals surface area (Å²) in [5.41, 5.74) is 0.987. The van der Waals surface area contributed by atoms with Gasteiger partial charge in [-0.05, 0) is 19.1 Å². The summed E-state index contributed by atoms with van der Waals surface area (Å²) < 4.78 is 38.8. The van der Waals surface area contributed by atoms with Crippen LogP contribution in [0.1, 0.15) is 5.56 Å². The fourth-order valence-corrected chi connectivity index (χ4v) is 2.40. The standard InChI is InChI=1S/C11H14O5S/c1-9-2-4-10(5-3-9)17(12,13)16-11-8-14-6-7-15-11/h2-5,11H,6-8H2,1H3/t11-/m1/s1. The fourth-order valence-electron chi connectivity index (χ4n) is 1.42. The minimum atomic E-state index is -3.78. The van der Waals surface area contributed by atoms with Gasteiger partial charge in [-0.1, -0.05) is 17.7 Å². The highest BCUT2D eigenvalue weighted by Crippen LogP contribution is 2.16. The largest absolute Gasteiger partial charge is 0.374 e. The second-order valence-electron chi connectivity index (χ2n) is 3.74. The van der Waals surface area contributed by atoms with Gasteiger partial charge in [0.25, 0.3) is 10.1 Å². The Morgan fingerprint density at radius 3 is 2.53 bits per heavy atom. The molecule has 1 aliphatic heterocycles. The third kappa shape index (κ3) is 3.26. The van der Waals surface area contributed by atoms with Crippen molar-refractivity contribution < 1.29 is 22.1 Å². The van der Waals surface area contributed by atoms with Crippen LogP contribution < -0.4 is 0 Å². The van der Waals surface area contributed by atoms with Crippen molar-refractivity contribution >= 4 is 10.1 Å². The van der Waals surface area contributed by atoms with Crippen LogP contribution >= 0.6 is 0 Å². The monoisotopic (exact) mass is 258 g/mol. The predicted molar refractivity (Wildman–Crippen MR) is 60.0 cm³/mol. The molecule has 0 saturated carbocycles. The summed E-state index contributed by atoms with van der Waals surface area (Å²) in [6.45, 7) is 2.82. The van der Waals surface area contributed by atoms with Crippen molar-refractivity contribution in [2.75, 3.05) is 19.8 Å². The molecule has 0 aliphatic carbocycles. The molecule has 1 atom stereocenters. The number of benzene rings is 1. The maximum absolute atomic E-state index is 11.9. The lowest BCUT2D eigenvalue weighted by Gasteiger charge is -2.22. The Hall–Kier alpha value is -0.950. The number of hydrogen-bond acceptors (Lipinski definition) is 5. The lowest BCUT2D eigenvalue weighted by molar-refractivity contribution is -0.168. The molecule has 0 unspecified atom stereocenters. The van der Waals surface area contributed by atoms with Crippen LogP contribution in [0, 0.1) is 6.92 Å². The van der Waals surface area contributed by atoms with Crippen LogP contribution in [0.15, 0.2) is 29.2 Å². The number of hydrogen-bond donors (Lipinski definition) is 0. The Morgan fingerprint density at radius 1 is 1.24 bits per heavy atom. The minimum Gasteiger partial charge on any atom is -0.374 e. The summed E-state index contributed by atoms with van der Waals surface area (Å²) in [6.07, 6.45) is -0.852. The molecule has 0 N–H and O–H groups in total. The lowest BCUT2D eigenvalue weighted by Crippen LogP contribution is -2.32. The van der Waals surface area contributed by atoms with E-state index >= 15 is 0 Å². The van der Waals surface area contributed by atoms with E-state index in [1.54, 1.807) is 12.1 Å². The third-order valence-corrected chi connectivity index (χ3v) is 3.65. The Balaban J connectivity index is 2.10. The number of aryl methyl sites for hydroxylation is 1. The van der Waals surface area contributed by atoms with Gasteiger partial charge in [0.15, 0.2) is 6.29 Å². The molecule has 1 aliphatic rings. The SMILES string of the molecule is Cc1ccc(S(=O)(=O)O[C@@H]2COCCO2)cc1. The molecule has 1 aromatic rings. The Morgan fingerprint density at radius 2 is 1.94 bits per heavy atom. The normalized spacial score (nSPS) is 21.4. The van der Waals surface area contributed by atoms with E-state index in [0.29, 0.717) is 13.2 Å². The van der Waals surface area contributed by atoms with Crippen LogP contribution in [0.4, 0.5) is 0 Å². The van der Waals surface area contributed by atoms with Gasteiger partial charge >= 0.3 is 0 Å². The summed E-state index contributed by atoms with van der Waals surface area (Å²) in [5.74, 6) is 0. The molecule has 0 spiro atoms. The van der Waals surface area contributed by atoms with Crippen molar-refractivity contribution in [2.24, 2.45) is 0 Å². The Kier molecular flexibility index (Phi) is 3.78. The van der Waals surface area contributed by atoms with Crippen molar-refractivity contribution in [3.8, 4) is 0 Å². The quantitative estimate of drug-likeness (QED) is 0.759. The van der Waals surface area contributed by atoms with Gasteiger partial charge in [-0.2, -0.15) is 8.42 Å². The first kappa shape index (κ1) is 12.5. The van der Waals surface area contributed by atoms with E-state index in [4.69, 9.17) is 13.7 Å². The smallest absolute Gasteiger partial charge is 0.299 e. The molecule has 1 fully saturated rings. The van der Waals surface area contributed by atoms with E-state index in [-0.39, 0.29) is 11.5 Å². The number of ether oxygens (including phenoxy) is 2. The first-order chi connectivity index (χ1) is 8.08. The van der Waals surface area contributed by atoms with Gasteiger partial charge in [0, 0.05) is 0 Å². The molecule has 1 heterocycles. The minimum absolute atomic E-state index is 0.122. The first-order valence-corrected chi connectivity index (χ1v) is 6.68. The predicted octanol–water partition coefficient (Wildman–Crippen LogP) is 1.07. The molecule has 17 heavy (non-hydrogen) atoms. The Bertz CT molecular complexity index is 459. The summed E-state index contributed by atoms with van der Waals surface area (Å²) in [5, 5.41) is 0. The highest BCUT2D eigenvalue weighted by atomic mass is 32.2. The van der Waals surface area contributed by atoms with Crippen molar-refractivity contribution in [3.63, 3.8) is 0 Å². The molecule has 0 amide bonds. The molecule has 1 saturated heterocycles. The van der Waals surface area contributed by atoms with Crippen molar-refractivity contribution in [2.45, 2.75) is 18.1 Å². The van der Waals surface area contributed by atoms with Crippen LogP contribution in [-0.2, 0) is 23.8 Å². The zero-order chi connectivity index (χ0) is 12.3. The van der Waals surface area contributed by atoms with Gasteiger partial charge in [-0.3, -0.25) is 0 Å². The third-order valence-electron chi connectivity index (χ3n) is 2.33. The summed E-state index contributed by atoms with van der Waals surface area (Å²) in [4.78, 5) is 0.122. The summed E-state index contributed by atoms with van der Waals surface area (Å²) in [6, 6.07) is 6.45. The van der Waals surface area contributed by atoms with Gasteiger partial charge in [-0.25, -0.2) is 4.18 Å². The molecule has 0 aromatic heterocycles. The van der Waals surface area contributed by atoms with E-state index in [2.05, 4.69) is 0 Å². The van der Waals surface area contributed by atoms with E-state index in [9.17, 15) is 8.42 Å². The zero-order valence-electron chi connectivity index (χ0n) is 9.46. The van der Waals surface area contributed by atoms with Crippen molar-refractivity contribution in [1.82, 2.24) is 0 Å². The van der Waals surface area contributed by atoms with Crippen LogP contribution in [0.25, 0.3) is 0 Å². The van der Waals surface area contributed by atoms with Crippen molar-refractivity contribution in [3.05, 3.63) is 29.8 Å². The average molecular weight is 258 g/mol. The zero-order valence-corrected chi connectivity index (χ0v) is 10.3. The molecule has 0 bridgehead atoms. The maximum atomic E-state index is 11.9.